The molecule has 0 saturated carbocycles. The van der Waals surface area contributed by atoms with E-state index in [-0.39, 0.29) is 5.97 Å². The lowest BCUT2D eigenvalue weighted by Gasteiger charge is -2.36. The predicted octanol–water partition coefficient (Wildman–Crippen LogP) is 2.22. The number of anilines is 1. The fourth-order valence-electron chi connectivity index (χ4n) is 2.70. The first-order chi connectivity index (χ1) is 8.63. The molecule has 1 N–H and O–H groups in total. The van der Waals surface area contributed by atoms with Crippen molar-refractivity contribution in [3.8, 4) is 0 Å². The standard InChI is InChI=1S/C13H21N3O2/c1-4-18-13(17)6-5-11-9(2)15-12-7-8-14-16(12)10(11)3/h7-11,15H,4-6H2,1-3H3. The number of hydrogen-bond donors (Lipinski definition) is 1. The Balaban J connectivity index is 1.99. The summed E-state index contributed by atoms with van der Waals surface area (Å²) in [6, 6.07) is 2.63. The van der Waals surface area contributed by atoms with Crippen LogP contribution in [0, 0.1) is 5.92 Å². The van der Waals surface area contributed by atoms with Crippen LogP contribution in [0.4, 0.5) is 5.82 Å². The van der Waals surface area contributed by atoms with E-state index in [1.807, 2.05) is 17.7 Å². The van der Waals surface area contributed by atoms with E-state index in [1.54, 1.807) is 6.20 Å². The van der Waals surface area contributed by atoms with Gasteiger partial charge in [-0.15, -0.1) is 0 Å². The molecule has 5 heteroatoms. The summed E-state index contributed by atoms with van der Waals surface area (Å²) in [4.78, 5) is 11.4. The van der Waals surface area contributed by atoms with E-state index in [4.69, 9.17) is 4.74 Å². The zero-order chi connectivity index (χ0) is 13.1. The zero-order valence-electron chi connectivity index (χ0n) is 11.2. The van der Waals surface area contributed by atoms with Crippen molar-refractivity contribution in [3.05, 3.63) is 12.3 Å². The molecule has 3 atom stereocenters. The molecule has 0 aromatic carbocycles. The lowest BCUT2D eigenvalue weighted by molar-refractivity contribution is -0.143. The maximum Gasteiger partial charge on any atom is 0.305 e. The Morgan fingerprint density at radius 3 is 3.06 bits per heavy atom. The monoisotopic (exact) mass is 251 g/mol. The molecular formula is C13H21N3O2. The van der Waals surface area contributed by atoms with E-state index in [0.29, 0.717) is 31.0 Å². The highest BCUT2D eigenvalue weighted by atomic mass is 16.5. The van der Waals surface area contributed by atoms with Gasteiger partial charge in [0.2, 0.25) is 0 Å². The molecule has 2 heterocycles. The van der Waals surface area contributed by atoms with Gasteiger partial charge in [0.05, 0.1) is 18.8 Å². The van der Waals surface area contributed by atoms with E-state index < -0.39 is 0 Å². The minimum absolute atomic E-state index is 0.108. The second kappa shape index (κ2) is 5.42. The Labute approximate surface area is 108 Å². The van der Waals surface area contributed by atoms with Crippen LogP contribution >= 0.6 is 0 Å². The molecule has 0 spiro atoms. The van der Waals surface area contributed by atoms with Crippen molar-refractivity contribution in [2.24, 2.45) is 5.92 Å². The maximum absolute atomic E-state index is 11.4. The summed E-state index contributed by atoms with van der Waals surface area (Å²) in [6.07, 6.45) is 3.11. The van der Waals surface area contributed by atoms with Crippen molar-refractivity contribution in [1.29, 1.82) is 0 Å². The summed E-state index contributed by atoms with van der Waals surface area (Å²) >= 11 is 0. The molecule has 2 rings (SSSR count). The van der Waals surface area contributed by atoms with E-state index in [2.05, 4.69) is 24.3 Å². The van der Waals surface area contributed by atoms with Gasteiger partial charge in [0.15, 0.2) is 0 Å². The number of esters is 1. The van der Waals surface area contributed by atoms with Crippen LogP contribution in [0.2, 0.25) is 0 Å². The van der Waals surface area contributed by atoms with Gasteiger partial charge in [-0.1, -0.05) is 0 Å². The van der Waals surface area contributed by atoms with Gasteiger partial charge in [0, 0.05) is 24.4 Å². The minimum Gasteiger partial charge on any atom is -0.466 e. The number of nitrogens with one attached hydrogen (secondary N) is 1. The summed E-state index contributed by atoms with van der Waals surface area (Å²) in [5.74, 6) is 1.34. The normalized spacial score (nSPS) is 26.3. The molecule has 0 aliphatic carbocycles. The van der Waals surface area contributed by atoms with E-state index in [0.717, 1.165) is 12.2 Å². The van der Waals surface area contributed by atoms with Gasteiger partial charge >= 0.3 is 5.97 Å². The third-order valence-corrected chi connectivity index (χ3v) is 3.68. The zero-order valence-corrected chi connectivity index (χ0v) is 11.2. The highest BCUT2D eigenvalue weighted by molar-refractivity contribution is 5.69. The average molecular weight is 251 g/mol. The lowest BCUT2D eigenvalue weighted by atomic mass is 9.87. The van der Waals surface area contributed by atoms with Crippen LogP contribution in [0.25, 0.3) is 0 Å². The van der Waals surface area contributed by atoms with Gasteiger partial charge in [0.25, 0.3) is 0 Å². The topological polar surface area (TPSA) is 56.1 Å². The van der Waals surface area contributed by atoms with E-state index in [1.165, 1.54) is 0 Å². The van der Waals surface area contributed by atoms with Crippen molar-refractivity contribution in [3.63, 3.8) is 0 Å². The van der Waals surface area contributed by atoms with Crippen molar-refractivity contribution in [2.75, 3.05) is 11.9 Å². The molecule has 1 aromatic rings. The molecule has 0 fully saturated rings. The summed E-state index contributed by atoms with van der Waals surface area (Å²) in [5.41, 5.74) is 0. The Bertz CT molecular complexity index is 416. The van der Waals surface area contributed by atoms with Crippen LogP contribution in [0.3, 0.4) is 0 Å². The molecular weight excluding hydrogens is 230 g/mol. The third kappa shape index (κ3) is 2.49. The third-order valence-electron chi connectivity index (χ3n) is 3.68. The van der Waals surface area contributed by atoms with Crippen molar-refractivity contribution in [1.82, 2.24) is 9.78 Å². The Kier molecular flexibility index (Phi) is 3.89. The number of carbonyl (C=O) groups excluding carboxylic acids is 1. The molecule has 1 aliphatic heterocycles. The Morgan fingerprint density at radius 1 is 1.56 bits per heavy atom. The number of aromatic nitrogens is 2. The SMILES string of the molecule is CCOC(=O)CCC1C(C)Nc2ccnn2C1C. The first kappa shape index (κ1) is 12.9. The molecule has 0 bridgehead atoms. The molecule has 0 saturated heterocycles. The highest BCUT2D eigenvalue weighted by Gasteiger charge is 2.31. The van der Waals surface area contributed by atoms with Crippen LogP contribution in [0.15, 0.2) is 12.3 Å². The maximum atomic E-state index is 11.4. The van der Waals surface area contributed by atoms with Crippen molar-refractivity contribution < 1.29 is 9.53 Å². The summed E-state index contributed by atoms with van der Waals surface area (Å²) in [5, 5.41) is 7.75. The fraction of sp³-hybridized carbons (Fsp3) is 0.692. The molecule has 0 amide bonds. The quantitative estimate of drug-likeness (QED) is 0.834. The molecule has 1 aliphatic rings. The molecule has 1 aromatic heterocycles. The minimum atomic E-state index is -0.108. The highest BCUT2D eigenvalue weighted by Crippen LogP contribution is 2.33. The molecule has 100 valence electrons. The van der Waals surface area contributed by atoms with Gasteiger partial charge in [0.1, 0.15) is 5.82 Å². The number of rotatable bonds is 4. The summed E-state index contributed by atoms with van der Waals surface area (Å²) in [7, 11) is 0. The van der Waals surface area contributed by atoms with Crippen molar-refractivity contribution in [2.45, 2.75) is 45.7 Å². The Hall–Kier alpha value is -1.52. The van der Waals surface area contributed by atoms with Crippen molar-refractivity contribution >= 4 is 11.8 Å². The number of fused-ring (bicyclic) bond motifs is 1. The largest absolute Gasteiger partial charge is 0.466 e. The molecule has 5 nitrogen and oxygen atoms in total. The number of ether oxygens (including phenoxy) is 1. The Morgan fingerprint density at radius 2 is 2.33 bits per heavy atom. The predicted molar refractivity (Wildman–Crippen MR) is 69.4 cm³/mol. The van der Waals surface area contributed by atoms with E-state index in [9.17, 15) is 4.79 Å². The van der Waals surface area contributed by atoms with Crippen LogP contribution < -0.4 is 5.32 Å². The van der Waals surface area contributed by atoms with Crippen LogP contribution in [-0.4, -0.2) is 28.4 Å². The van der Waals surface area contributed by atoms with Gasteiger partial charge in [-0.2, -0.15) is 5.10 Å². The number of carbonyl (C=O) groups is 1. The summed E-state index contributed by atoms with van der Waals surface area (Å²) in [6.45, 7) is 6.60. The average Bonchev–Trinajstić information content (AvgIpc) is 2.77. The van der Waals surface area contributed by atoms with Gasteiger partial charge in [-0.05, 0) is 27.2 Å². The second-order valence-corrected chi connectivity index (χ2v) is 4.84. The van der Waals surface area contributed by atoms with Crippen LogP contribution in [0.1, 0.15) is 39.7 Å². The van der Waals surface area contributed by atoms with Crippen LogP contribution in [0.5, 0.6) is 0 Å². The van der Waals surface area contributed by atoms with Gasteiger partial charge in [-0.25, -0.2) is 4.68 Å². The number of hydrogen-bond acceptors (Lipinski definition) is 4. The fourth-order valence-corrected chi connectivity index (χ4v) is 2.70. The summed E-state index contributed by atoms with van der Waals surface area (Å²) < 4.78 is 6.97. The number of nitrogens with zero attached hydrogens (tertiary/aromatic N) is 2. The van der Waals surface area contributed by atoms with E-state index >= 15 is 0 Å². The first-order valence-electron chi connectivity index (χ1n) is 6.59. The first-order valence-corrected chi connectivity index (χ1v) is 6.59. The van der Waals surface area contributed by atoms with Crippen LogP contribution in [-0.2, 0) is 9.53 Å². The molecule has 0 radical (unpaired) electrons. The molecule has 3 unspecified atom stereocenters. The van der Waals surface area contributed by atoms with Gasteiger partial charge < -0.3 is 10.1 Å². The smallest absolute Gasteiger partial charge is 0.305 e. The molecule has 18 heavy (non-hydrogen) atoms. The second-order valence-electron chi connectivity index (χ2n) is 4.84. The van der Waals surface area contributed by atoms with Gasteiger partial charge in [-0.3, -0.25) is 4.79 Å². The lowest BCUT2D eigenvalue weighted by Crippen LogP contribution is -2.38.